The molecule has 2 fully saturated rings. The first kappa shape index (κ1) is 13.1. The van der Waals surface area contributed by atoms with E-state index in [1.807, 2.05) is 12.1 Å². The van der Waals surface area contributed by atoms with E-state index >= 15 is 0 Å². The number of rotatable bonds is 5. The molecule has 0 spiro atoms. The van der Waals surface area contributed by atoms with Crippen LogP contribution < -0.4 is 5.32 Å². The van der Waals surface area contributed by atoms with Crippen molar-refractivity contribution in [3.63, 3.8) is 0 Å². The molecule has 2 nitrogen and oxygen atoms in total. The summed E-state index contributed by atoms with van der Waals surface area (Å²) in [5, 5.41) is 3.48. The molecule has 1 heterocycles. The first-order valence-electron chi connectivity index (χ1n) is 7.44. The van der Waals surface area contributed by atoms with Crippen molar-refractivity contribution in [2.75, 3.05) is 13.1 Å². The van der Waals surface area contributed by atoms with Crippen molar-refractivity contribution in [2.45, 2.75) is 45.3 Å². The fraction of sp³-hybridized carbons (Fsp3) is 0.625. The van der Waals surface area contributed by atoms with E-state index in [-0.39, 0.29) is 5.82 Å². The highest BCUT2D eigenvalue weighted by Gasteiger charge is 2.21. The van der Waals surface area contributed by atoms with Gasteiger partial charge in [-0.2, -0.15) is 0 Å². The molecule has 3 rings (SSSR count). The molecule has 3 heteroatoms. The van der Waals surface area contributed by atoms with E-state index < -0.39 is 0 Å². The van der Waals surface area contributed by atoms with Crippen LogP contribution in [0.2, 0.25) is 0 Å². The summed E-state index contributed by atoms with van der Waals surface area (Å²) in [6, 6.07) is 6.26. The average molecular weight is 262 g/mol. The van der Waals surface area contributed by atoms with Crippen LogP contribution in [0.15, 0.2) is 18.2 Å². The lowest BCUT2D eigenvalue weighted by atomic mass is 10.1. The number of halogens is 1. The van der Waals surface area contributed by atoms with Crippen LogP contribution in [0.1, 0.15) is 37.3 Å². The topological polar surface area (TPSA) is 15.3 Å². The number of likely N-dealkylation sites (tertiary alicyclic amines) is 1. The lowest BCUT2D eigenvalue weighted by Gasteiger charge is -2.16. The van der Waals surface area contributed by atoms with Gasteiger partial charge >= 0.3 is 0 Å². The Bertz CT molecular complexity index is 442. The van der Waals surface area contributed by atoms with Gasteiger partial charge in [0.05, 0.1) is 0 Å². The third kappa shape index (κ3) is 3.54. The Kier molecular flexibility index (Phi) is 3.85. The third-order valence-electron chi connectivity index (χ3n) is 4.18. The normalized spacial score (nSPS) is 24.0. The Hall–Kier alpha value is -0.930. The van der Waals surface area contributed by atoms with E-state index in [0.29, 0.717) is 6.04 Å². The maximum Gasteiger partial charge on any atom is 0.127 e. The largest absolute Gasteiger partial charge is 0.310 e. The second-order valence-electron chi connectivity index (χ2n) is 6.21. The molecule has 1 saturated carbocycles. The molecule has 1 aliphatic heterocycles. The van der Waals surface area contributed by atoms with Crippen LogP contribution in [0, 0.1) is 11.7 Å². The summed E-state index contributed by atoms with van der Waals surface area (Å²) >= 11 is 0. The first-order chi connectivity index (χ1) is 9.20. The second-order valence-corrected chi connectivity index (χ2v) is 6.21. The van der Waals surface area contributed by atoms with Crippen LogP contribution in [-0.2, 0) is 13.1 Å². The predicted octanol–water partition coefficient (Wildman–Crippen LogP) is 2.92. The molecule has 1 N–H and O–H groups in total. The van der Waals surface area contributed by atoms with Gasteiger partial charge in [0.2, 0.25) is 0 Å². The molecule has 0 amide bonds. The highest BCUT2D eigenvalue weighted by Crippen LogP contribution is 2.22. The van der Waals surface area contributed by atoms with Gasteiger partial charge in [-0.1, -0.05) is 19.1 Å². The average Bonchev–Trinajstić information content (AvgIpc) is 3.13. The molecule has 1 aliphatic carbocycles. The van der Waals surface area contributed by atoms with E-state index in [4.69, 9.17) is 0 Å². The molecule has 1 aromatic rings. The standard InChI is InChI=1S/C16H23FN2/c1-12-6-7-19(10-12)11-14-8-13(2-5-16(14)17)9-18-15-3-4-15/h2,5,8,12,15,18H,3-4,6-7,9-11H2,1H3. The SMILES string of the molecule is CC1CCN(Cc2cc(CNC3CC3)ccc2F)C1. The quantitative estimate of drug-likeness (QED) is 0.877. The minimum Gasteiger partial charge on any atom is -0.310 e. The number of nitrogens with one attached hydrogen (secondary N) is 1. The van der Waals surface area contributed by atoms with Crippen molar-refractivity contribution in [3.05, 3.63) is 35.1 Å². The van der Waals surface area contributed by atoms with E-state index in [9.17, 15) is 4.39 Å². The Morgan fingerprint density at radius 1 is 1.32 bits per heavy atom. The molecular formula is C16H23FN2. The van der Waals surface area contributed by atoms with Crippen molar-refractivity contribution >= 4 is 0 Å². The van der Waals surface area contributed by atoms with Crippen molar-refractivity contribution in [1.29, 1.82) is 0 Å². The summed E-state index contributed by atoms with van der Waals surface area (Å²) in [6.07, 6.45) is 3.82. The van der Waals surface area contributed by atoms with Gasteiger partial charge in [-0.3, -0.25) is 4.90 Å². The van der Waals surface area contributed by atoms with Crippen molar-refractivity contribution in [3.8, 4) is 0 Å². The number of nitrogens with zero attached hydrogens (tertiary/aromatic N) is 1. The van der Waals surface area contributed by atoms with Crippen molar-refractivity contribution in [1.82, 2.24) is 10.2 Å². The van der Waals surface area contributed by atoms with Gasteiger partial charge in [0.15, 0.2) is 0 Å². The Morgan fingerprint density at radius 2 is 2.16 bits per heavy atom. The number of hydrogen-bond donors (Lipinski definition) is 1. The molecule has 1 aromatic carbocycles. The van der Waals surface area contributed by atoms with Gasteiger partial charge in [0, 0.05) is 31.2 Å². The maximum atomic E-state index is 13.9. The van der Waals surface area contributed by atoms with E-state index in [1.54, 1.807) is 6.07 Å². The zero-order valence-electron chi connectivity index (χ0n) is 11.7. The summed E-state index contributed by atoms with van der Waals surface area (Å²) in [7, 11) is 0. The van der Waals surface area contributed by atoms with Gasteiger partial charge in [0.25, 0.3) is 0 Å². The summed E-state index contributed by atoms with van der Waals surface area (Å²) < 4.78 is 13.9. The Morgan fingerprint density at radius 3 is 2.84 bits per heavy atom. The minimum atomic E-state index is -0.0604. The van der Waals surface area contributed by atoms with Crippen molar-refractivity contribution in [2.24, 2.45) is 5.92 Å². The summed E-state index contributed by atoms with van der Waals surface area (Å²) in [5.74, 6) is 0.692. The molecule has 0 radical (unpaired) electrons. The zero-order valence-corrected chi connectivity index (χ0v) is 11.7. The number of benzene rings is 1. The molecule has 0 bridgehead atoms. The minimum absolute atomic E-state index is 0.0604. The second kappa shape index (κ2) is 5.59. The molecule has 2 aliphatic rings. The van der Waals surface area contributed by atoms with Gasteiger partial charge in [-0.25, -0.2) is 4.39 Å². The van der Waals surface area contributed by atoms with Gasteiger partial charge < -0.3 is 5.32 Å². The molecule has 1 atom stereocenters. The molecular weight excluding hydrogens is 239 g/mol. The Labute approximate surface area is 115 Å². The van der Waals surface area contributed by atoms with Crippen LogP contribution in [0.25, 0.3) is 0 Å². The smallest absolute Gasteiger partial charge is 0.127 e. The van der Waals surface area contributed by atoms with Crippen LogP contribution >= 0.6 is 0 Å². The predicted molar refractivity (Wildman–Crippen MR) is 75.3 cm³/mol. The van der Waals surface area contributed by atoms with Crippen LogP contribution in [0.4, 0.5) is 4.39 Å². The van der Waals surface area contributed by atoms with Crippen molar-refractivity contribution < 1.29 is 4.39 Å². The molecule has 1 unspecified atom stereocenters. The maximum absolute atomic E-state index is 13.9. The molecule has 19 heavy (non-hydrogen) atoms. The van der Waals surface area contributed by atoms with E-state index in [0.717, 1.165) is 37.7 Å². The van der Waals surface area contributed by atoms with Crippen LogP contribution in [0.3, 0.4) is 0 Å². The summed E-state index contributed by atoms with van der Waals surface area (Å²) in [6.45, 7) is 6.10. The lowest BCUT2D eigenvalue weighted by Crippen LogP contribution is -2.21. The highest BCUT2D eigenvalue weighted by molar-refractivity contribution is 5.25. The fourth-order valence-corrected chi connectivity index (χ4v) is 2.82. The lowest BCUT2D eigenvalue weighted by molar-refractivity contribution is 0.315. The van der Waals surface area contributed by atoms with Crippen LogP contribution in [0.5, 0.6) is 0 Å². The summed E-state index contributed by atoms with van der Waals surface area (Å²) in [5.41, 5.74) is 2.06. The van der Waals surface area contributed by atoms with E-state index in [2.05, 4.69) is 17.1 Å². The molecule has 0 aromatic heterocycles. The molecule has 1 saturated heterocycles. The number of hydrogen-bond acceptors (Lipinski definition) is 2. The monoisotopic (exact) mass is 262 g/mol. The molecule has 104 valence electrons. The van der Waals surface area contributed by atoms with Crippen LogP contribution in [-0.4, -0.2) is 24.0 Å². The highest BCUT2D eigenvalue weighted by atomic mass is 19.1. The first-order valence-corrected chi connectivity index (χ1v) is 7.44. The summed E-state index contributed by atoms with van der Waals surface area (Å²) in [4.78, 5) is 2.36. The Balaban J connectivity index is 1.63. The van der Waals surface area contributed by atoms with E-state index in [1.165, 1.54) is 24.8 Å². The van der Waals surface area contributed by atoms with Gasteiger partial charge in [-0.05, 0) is 43.4 Å². The third-order valence-corrected chi connectivity index (χ3v) is 4.18. The zero-order chi connectivity index (χ0) is 13.2. The van der Waals surface area contributed by atoms with Gasteiger partial charge in [-0.15, -0.1) is 0 Å². The van der Waals surface area contributed by atoms with Gasteiger partial charge in [0.1, 0.15) is 5.82 Å². The fourth-order valence-electron chi connectivity index (χ4n) is 2.82.